The Morgan fingerprint density at radius 2 is 1.87 bits per heavy atom. The molecule has 0 saturated heterocycles. The van der Waals surface area contributed by atoms with E-state index in [-0.39, 0.29) is 11.5 Å². The summed E-state index contributed by atoms with van der Waals surface area (Å²) in [4.78, 5) is 13.1. The molecule has 0 radical (unpaired) electrons. The van der Waals surface area contributed by atoms with Gasteiger partial charge in [-0.15, -0.1) is 4.83 Å². The summed E-state index contributed by atoms with van der Waals surface area (Å²) in [5, 5.41) is 0. The van der Waals surface area contributed by atoms with E-state index in [0.717, 1.165) is 16.6 Å². The van der Waals surface area contributed by atoms with Gasteiger partial charge in [-0.1, -0.05) is 22.0 Å². The van der Waals surface area contributed by atoms with Crippen LogP contribution in [-0.4, -0.2) is 20.9 Å². The largest absolute Gasteiger partial charge is 0.484 e. The number of rotatable bonds is 6. The zero-order valence-corrected chi connectivity index (χ0v) is 14.0. The third kappa shape index (κ3) is 5.31. The molecule has 0 aliphatic rings. The topological polar surface area (TPSA) is 84.5 Å². The Kier molecular flexibility index (Phi) is 5.69. The Morgan fingerprint density at radius 3 is 2.52 bits per heavy atom. The van der Waals surface area contributed by atoms with Crippen LogP contribution < -0.4 is 15.0 Å². The first-order valence-electron chi connectivity index (χ1n) is 6.31. The number of ether oxygens (including phenoxy) is 1. The molecule has 2 aromatic carbocycles. The number of hydrazine groups is 1. The highest BCUT2D eigenvalue weighted by atomic mass is 79.9. The quantitative estimate of drug-likeness (QED) is 0.723. The van der Waals surface area contributed by atoms with Gasteiger partial charge in [-0.3, -0.25) is 10.2 Å². The molecule has 0 saturated carbocycles. The first-order chi connectivity index (χ1) is 10.9. The molecule has 0 aliphatic heterocycles. The second-order valence-corrected chi connectivity index (χ2v) is 6.95. The molecule has 6 nitrogen and oxygen atoms in total. The van der Waals surface area contributed by atoms with Gasteiger partial charge in [0.1, 0.15) is 11.6 Å². The van der Waals surface area contributed by atoms with E-state index in [9.17, 15) is 17.6 Å². The minimum Gasteiger partial charge on any atom is -0.484 e. The predicted molar refractivity (Wildman–Crippen MR) is 84.5 cm³/mol. The molecule has 9 heteroatoms. The van der Waals surface area contributed by atoms with Crippen LogP contribution in [0.25, 0.3) is 0 Å². The maximum absolute atomic E-state index is 13.0. The third-order valence-electron chi connectivity index (χ3n) is 2.61. The summed E-state index contributed by atoms with van der Waals surface area (Å²) < 4.78 is 42.8. The second kappa shape index (κ2) is 7.53. The number of sulfonamides is 1. The smallest absolute Gasteiger partial charge is 0.272 e. The number of halogens is 2. The molecular weight excluding hydrogens is 391 g/mol. The van der Waals surface area contributed by atoms with Gasteiger partial charge in [0, 0.05) is 4.47 Å². The van der Waals surface area contributed by atoms with Gasteiger partial charge < -0.3 is 4.74 Å². The molecule has 0 aromatic heterocycles. The predicted octanol–water partition coefficient (Wildman–Crippen LogP) is 1.98. The Morgan fingerprint density at radius 1 is 1.17 bits per heavy atom. The van der Waals surface area contributed by atoms with Crippen molar-refractivity contribution in [2.75, 3.05) is 6.61 Å². The lowest BCUT2D eigenvalue weighted by molar-refractivity contribution is -0.123. The zero-order chi connectivity index (χ0) is 16.9. The van der Waals surface area contributed by atoms with Crippen molar-refractivity contribution >= 4 is 31.9 Å². The lowest BCUT2D eigenvalue weighted by atomic mass is 10.3. The minimum absolute atomic E-state index is 0.299. The van der Waals surface area contributed by atoms with Gasteiger partial charge in [0.15, 0.2) is 6.61 Å². The minimum atomic E-state index is -4.05. The number of benzene rings is 2. The van der Waals surface area contributed by atoms with Crippen molar-refractivity contribution in [1.29, 1.82) is 0 Å². The molecule has 2 rings (SSSR count). The summed E-state index contributed by atoms with van der Waals surface area (Å²) >= 11 is 3.26. The van der Waals surface area contributed by atoms with Crippen LogP contribution in [0.1, 0.15) is 0 Å². The third-order valence-corrected chi connectivity index (χ3v) is 4.39. The normalized spacial score (nSPS) is 11.0. The molecule has 0 unspecified atom stereocenters. The van der Waals surface area contributed by atoms with Gasteiger partial charge in [-0.25, -0.2) is 12.8 Å². The molecule has 122 valence electrons. The maximum atomic E-state index is 13.0. The van der Waals surface area contributed by atoms with Crippen LogP contribution in [0.4, 0.5) is 4.39 Å². The maximum Gasteiger partial charge on any atom is 0.272 e. The number of carbonyl (C=O) groups is 1. The van der Waals surface area contributed by atoms with Gasteiger partial charge in [-0.05, 0) is 42.5 Å². The van der Waals surface area contributed by atoms with Gasteiger partial charge in [-0.2, -0.15) is 0 Å². The average molecular weight is 403 g/mol. The summed E-state index contributed by atoms with van der Waals surface area (Å²) in [7, 11) is -4.05. The van der Waals surface area contributed by atoms with Crippen molar-refractivity contribution in [3.05, 3.63) is 58.8 Å². The van der Waals surface area contributed by atoms with Crippen molar-refractivity contribution in [3.8, 4) is 5.75 Å². The van der Waals surface area contributed by atoms with E-state index in [1.807, 2.05) is 10.3 Å². The lowest BCUT2D eigenvalue weighted by Crippen LogP contribution is -2.43. The molecule has 2 aromatic rings. The first kappa shape index (κ1) is 17.4. The fourth-order valence-electron chi connectivity index (χ4n) is 1.53. The lowest BCUT2D eigenvalue weighted by Gasteiger charge is -2.09. The molecule has 23 heavy (non-hydrogen) atoms. The summed E-state index contributed by atoms with van der Waals surface area (Å²) in [6.07, 6.45) is 0. The zero-order valence-electron chi connectivity index (χ0n) is 11.6. The monoisotopic (exact) mass is 402 g/mol. The molecule has 0 bridgehead atoms. The Bertz CT molecular complexity index is 797. The van der Waals surface area contributed by atoms with E-state index in [1.54, 1.807) is 24.3 Å². The number of nitrogens with one attached hydrogen (secondary N) is 2. The van der Waals surface area contributed by atoms with E-state index < -0.39 is 21.7 Å². The summed E-state index contributed by atoms with van der Waals surface area (Å²) in [6.45, 7) is -0.382. The van der Waals surface area contributed by atoms with E-state index in [0.29, 0.717) is 5.75 Å². The molecule has 0 atom stereocenters. The van der Waals surface area contributed by atoms with Crippen LogP contribution in [0.2, 0.25) is 0 Å². The van der Waals surface area contributed by atoms with Crippen molar-refractivity contribution in [1.82, 2.24) is 10.3 Å². The molecule has 0 aliphatic carbocycles. The van der Waals surface area contributed by atoms with E-state index in [2.05, 4.69) is 15.9 Å². The molecular formula is C14H12BrFN2O4S. The molecule has 0 spiro atoms. The van der Waals surface area contributed by atoms with Crippen LogP contribution in [-0.2, 0) is 14.8 Å². The summed E-state index contributed by atoms with van der Waals surface area (Å²) in [6, 6.07) is 11.2. The van der Waals surface area contributed by atoms with Crippen LogP contribution in [0.3, 0.4) is 0 Å². The molecule has 2 N–H and O–H groups in total. The first-order valence-corrected chi connectivity index (χ1v) is 8.59. The number of amides is 1. The van der Waals surface area contributed by atoms with Crippen molar-refractivity contribution in [2.24, 2.45) is 0 Å². The van der Waals surface area contributed by atoms with Crippen molar-refractivity contribution < 1.29 is 22.3 Å². The fourth-order valence-corrected chi connectivity index (χ4v) is 2.69. The van der Waals surface area contributed by atoms with E-state index in [1.165, 1.54) is 12.1 Å². The SMILES string of the molecule is O=C(COc1ccc(Br)cc1)NNS(=O)(=O)c1cccc(F)c1. The van der Waals surface area contributed by atoms with Crippen LogP contribution in [0, 0.1) is 5.82 Å². The number of hydrogen-bond acceptors (Lipinski definition) is 4. The second-order valence-electron chi connectivity index (χ2n) is 4.35. The van der Waals surface area contributed by atoms with Crippen molar-refractivity contribution in [2.45, 2.75) is 4.90 Å². The molecule has 0 fully saturated rings. The van der Waals surface area contributed by atoms with Crippen LogP contribution in [0.15, 0.2) is 57.9 Å². The van der Waals surface area contributed by atoms with E-state index >= 15 is 0 Å². The Hall–Kier alpha value is -1.97. The highest BCUT2D eigenvalue weighted by Gasteiger charge is 2.15. The Balaban J connectivity index is 1.87. The van der Waals surface area contributed by atoms with E-state index in [4.69, 9.17) is 4.74 Å². The standard InChI is InChI=1S/C14H12BrFN2O4S/c15-10-4-6-12(7-5-10)22-9-14(19)17-18-23(20,21)13-3-1-2-11(16)8-13/h1-8,18H,9H2,(H,17,19). The van der Waals surface area contributed by atoms with Crippen LogP contribution >= 0.6 is 15.9 Å². The Labute approximate surface area is 140 Å². The van der Waals surface area contributed by atoms with Gasteiger partial charge in [0.2, 0.25) is 0 Å². The summed E-state index contributed by atoms with van der Waals surface area (Å²) in [5.74, 6) is -0.943. The van der Waals surface area contributed by atoms with Gasteiger partial charge in [0.05, 0.1) is 4.90 Å². The van der Waals surface area contributed by atoms with Crippen LogP contribution in [0.5, 0.6) is 5.75 Å². The molecule has 1 amide bonds. The van der Waals surface area contributed by atoms with Gasteiger partial charge >= 0.3 is 0 Å². The average Bonchev–Trinajstić information content (AvgIpc) is 2.52. The number of hydrogen-bond donors (Lipinski definition) is 2. The highest BCUT2D eigenvalue weighted by Crippen LogP contribution is 2.15. The fraction of sp³-hybridized carbons (Fsp3) is 0.0714. The highest BCUT2D eigenvalue weighted by molar-refractivity contribution is 9.10. The molecule has 0 heterocycles. The van der Waals surface area contributed by atoms with Gasteiger partial charge in [0.25, 0.3) is 15.9 Å². The number of carbonyl (C=O) groups excluding carboxylic acids is 1. The van der Waals surface area contributed by atoms with Crippen molar-refractivity contribution in [3.63, 3.8) is 0 Å². The summed E-state index contributed by atoms with van der Waals surface area (Å²) in [5.41, 5.74) is 1.99.